The maximum atomic E-state index is 11.9. The van der Waals surface area contributed by atoms with E-state index in [2.05, 4.69) is 5.32 Å². The molecule has 2 fully saturated rings. The predicted octanol–water partition coefficient (Wildman–Crippen LogP) is 1.16. The Balaban J connectivity index is 2.01. The monoisotopic (exact) mass is 151 g/mol. The van der Waals surface area contributed by atoms with Gasteiger partial charge in [-0.2, -0.15) is 13.2 Å². The molecule has 10 heavy (non-hydrogen) atoms. The van der Waals surface area contributed by atoms with E-state index in [1.165, 1.54) is 0 Å². The van der Waals surface area contributed by atoms with Crippen molar-refractivity contribution in [3.05, 3.63) is 0 Å². The van der Waals surface area contributed by atoms with Crippen LogP contribution in [0.3, 0.4) is 0 Å². The summed E-state index contributed by atoms with van der Waals surface area (Å²) in [7, 11) is 0. The highest BCUT2D eigenvalue weighted by atomic mass is 19.4. The van der Waals surface area contributed by atoms with Gasteiger partial charge < -0.3 is 5.32 Å². The lowest BCUT2D eigenvalue weighted by Crippen LogP contribution is -2.24. The van der Waals surface area contributed by atoms with Crippen molar-refractivity contribution >= 4 is 0 Å². The van der Waals surface area contributed by atoms with E-state index in [0.717, 1.165) is 6.54 Å². The van der Waals surface area contributed by atoms with Gasteiger partial charge in [0.05, 0.1) is 5.92 Å². The summed E-state index contributed by atoms with van der Waals surface area (Å²) in [6.45, 7) is 0.766. The van der Waals surface area contributed by atoms with E-state index in [4.69, 9.17) is 0 Å². The van der Waals surface area contributed by atoms with Gasteiger partial charge in [-0.15, -0.1) is 0 Å². The molecule has 0 radical (unpaired) electrons. The second-order valence-corrected chi connectivity index (χ2v) is 3.00. The molecule has 0 spiro atoms. The van der Waals surface area contributed by atoms with E-state index in [1.54, 1.807) is 0 Å². The molecular formula is C6H8F3N. The first-order chi connectivity index (χ1) is 4.61. The van der Waals surface area contributed by atoms with Crippen molar-refractivity contribution in [2.75, 3.05) is 6.54 Å². The first kappa shape index (κ1) is 6.46. The van der Waals surface area contributed by atoms with Crippen LogP contribution in [0.25, 0.3) is 0 Å². The van der Waals surface area contributed by atoms with Gasteiger partial charge in [0, 0.05) is 6.04 Å². The first-order valence-corrected chi connectivity index (χ1v) is 3.41. The molecule has 2 rings (SSSR count). The van der Waals surface area contributed by atoms with Gasteiger partial charge in [-0.25, -0.2) is 0 Å². The minimum Gasteiger partial charge on any atom is -0.313 e. The van der Waals surface area contributed by atoms with Crippen LogP contribution in [0.15, 0.2) is 0 Å². The highest BCUT2D eigenvalue weighted by molar-refractivity contribution is 5.10. The van der Waals surface area contributed by atoms with Gasteiger partial charge in [0.1, 0.15) is 0 Å². The lowest BCUT2D eigenvalue weighted by Gasteiger charge is -2.07. The zero-order valence-electron chi connectivity index (χ0n) is 5.28. The molecule has 0 unspecified atom stereocenters. The summed E-state index contributed by atoms with van der Waals surface area (Å²) >= 11 is 0. The largest absolute Gasteiger partial charge is 0.393 e. The molecule has 58 valence electrons. The van der Waals surface area contributed by atoms with Gasteiger partial charge in [0.2, 0.25) is 0 Å². The zero-order chi connectivity index (χ0) is 7.35. The zero-order valence-corrected chi connectivity index (χ0v) is 5.28. The first-order valence-electron chi connectivity index (χ1n) is 3.41. The summed E-state index contributed by atoms with van der Waals surface area (Å²) in [4.78, 5) is 0. The maximum Gasteiger partial charge on any atom is 0.393 e. The predicted molar refractivity (Wildman–Crippen MR) is 29.4 cm³/mol. The van der Waals surface area contributed by atoms with Gasteiger partial charge in [-0.1, -0.05) is 0 Å². The molecule has 1 heterocycles. The van der Waals surface area contributed by atoms with Crippen molar-refractivity contribution < 1.29 is 13.2 Å². The van der Waals surface area contributed by atoms with E-state index in [-0.39, 0.29) is 12.0 Å². The van der Waals surface area contributed by atoms with Gasteiger partial charge in [0.15, 0.2) is 0 Å². The van der Waals surface area contributed by atoms with Crippen LogP contribution < -0.4 is 5.32 Å². The maximum absolute atomic E-state index is 11.9. The van der Waals surface area contributed by atoms with Crippen molar-refractivity contribution in [3.8, 4) is 0 Å². The van der Waals surface area contributed by atoms with Gasteiger partial charge in [-0.3, -0.25) is 0 Å². The van der Waals surface area contributed by atoms with Gasteiger partial charge >= 0.3 is 6.18 Å². The molecule has 2 aliphatic rings. The quantitative estimate of drug-likeness (QED) is 0.547. The van der Waals surface area contributed by atoms with E-state index in [1.807, 2.05) is 0 Å². The molecule has 4 heteroatoms. The SMILES string of the molecule is FC(F)(F)[C@@H]1[C@@H]2CCN[C@H]21. The van der Waals surface area contributed by atoms with E-state index in [0.29, 0.717) is 6.42 Å². The van der Waals surface area contributed by atoms with Crippen LogP contribution in [0.4, 0.5) is 13.2 Å². The fraction of sp³-hybridized carbons (Fsp3) is 1.00. The summed E-state index contributed by atoms with van der Waals surface area (Å²) in [5.41, 5.74) is 0. The Morgan fingerprint density at radius 1 is 1.30 bits per heavy atom. The third kappa shape index (κ3) is 0.746. The minimum atomic E-state index is -3.96. The smallest absolute Gasteiger partial charge is 0.313 e. The topological polar surface area (TPSA) is 12.0 Å². The van der Waals surface area contributed by atoms with Crippen LogP contribution >= 0.6 is 0 Å². The number of nitrogens with one attached hydrogen (secondary N) is 1. The molecule has 1 saturated heterocycles. The molecule has 0 aromatic carbocycles. The third-order valence-corrected chi connectivity index (χ3v) is 2.40. The Morgan fingerprint density at radius 3 is 2.30 bits per heavy atom. The third-order valence-electron chi connectivity index (χ3n) is 2.40. The lowest BCUT2D eigenvalue weighted by molar-refractivity contribution is -0.153. The Labute approximate surface area is 56.6 Å². The number of hydrogen-bond donors (Lipinski definition) is 1. The summed E-state index contributed by atoms with van der Waals surface area (Å²) in [5, 5.41) is 2.83. The molecular weight excluding hydrogens is 143 g/mol. The van der Waals surface area contributed by atoms with Crippen LogP contribution in [0, 0.1) is 11.8 Å². The molecule has 1 aliphatic carbocycles. The normalized spacial score (nSPS) is 45.3. The summed E-state index contributed by atoms with van der Waals surface area (Å²) in [6.07, 6.45) is -3.25. The molecule has 0 aromatic heterocycles. The highest BCUT2D eigenvalue weighted by Gasteiger charge is 2.65. The number of alkyl halides is 3. The summed E-state index contributed by atoms with van der Waals surface area (Å²) < 4.78 is 35.8. The molecule has 0 aromatic rings. The van der Waals surface area contributed by atoms with Crippen LogP contribution in [0.2, 0.25) is 0 Å². The molecule has 1 aliphatic heterocycles. The lowest BCUT2D eigenvalue weighted by atomic mass is 10.2. The molecule has 1 saturated carbocycles. The number of hydrogen-bond acceptors (Lipinski definition) is 1. The van der Waals surface area contributed by atoms with Crippen molar-refractivity contribution in [3.63, 3.8) is 0 Å². The van der Waals surface area contributed by atoms with E-state index in [9.17, 15) is 13.2 Å². The molecule has 0 bridgehead atoms. The van der Waals surface area contributed by atoms with Crippen LogP contribution in [-0.4, -0.2) is 18.8 Å². The highest BCUT2D eigenvalue weighted by Crippen LogP contribution is 2.54. The Hall–Kier alpha value is -0.250. The van der Waals surface area contributed by atoms with Crippen LogP contribution in [-0.2, 0) is 0 Å². The second-order valence-electron chi connectivity index (χ2n) is 3.00. The average molecular weight is 151 g/mol. The van der Waals surface area contributed by atoms with Crippen LogP contribution in [0.5, 0.6) is 0 Å². The molecule has 1 N–H and O–H groups in total. The molecule has 1 nitrogen and oxygen atoms in total. The number of halogens is 3. The standard InChI is InChI=1S/C6H8F3N/c7-6(8,9)4-3-1-2-10-5(3)4/h3-5,10H,1-2H2/t3-,4+,5+/m0/s1. The Bertz CT molecular complexity index is 144. The van der Waals surface area contributed by atoms with E-state index >= 15 is 0 Å². The molecule has 0 amide bonds. The van der Waals surface area contributed by atoms with Crippen molar-refractivity contribution in [2.24, 2.45) is 11.8 Å². The average Bonchev–Trinajstić information content (AvgIpc) is 2.30. The van der Waals surface area contributed by atoms with E-state index < -0.39 is 12.1 Å². The van der Waals surface area contributed by atoms with Gasteiger partial charge in [0.25, 0.3) is 0 Å². The molecule has 3 atom stereocenters. The van der Waals surface area contributed by atoms with Crippen molar-refractivity contribution in [1.82, 2.24) is 5.32 Å². The number of rotatable bonds is 0. The van der Waals surface area contributed by atoms with Gasteiger partial charge in [-0.05, 0) is 18.9 Å². The minimum absolute atomic E-state index is 0.0972. The Kier molecular flexibility index (Phi) is 1.08. The van der Waals surface area contributed by atoms with Crippen LogP contribution in [0.1, 0.15) is 6.42 Å². The number of piperidine rings is 1. The number of fused-ring (bicyclic) bond motifs is 1. The fourth-order valence-electron chi connectivity index (χ4n) is 1.87. The summed E-state index contributed by atoms with van der Waals surface area (Å²) in [6, 6.07) is -0.236. The summed E-state index contributed by atoms with van der Waals surface area (Å²) in [5.74, 6) is -1.12. The Morgan fingerprint density at radius 2 is 2.00 bits per heavy atom. The van der Waals surface area contributed by atoms with Crippen molar-refractivity contribution in [1.29, 1.82) is 0 Å². The second kappa shape index (κ2) is 1.67. The van der Waals surface area contributed by atoms with Crippen molar-refractivity contribution in [2.45, 2.75) is 18.6 Å². The fourth-order valence-corrected chi connectivity index (χ4v) is 1.87.